The van der Waals surface area contributed by atoms with E-state index in [1.807, 2.05) is 6.92 Å². The van der Waals surface area contributed by atoms with E-state index in [0.717, 1.165) is 5.56 Å². The molecule has 2 aliphatic rings. The van der Waals surface area contributed by atoms with Crippen LogP contribution in [0.5, 0.6) is 11.5 Å². The number of carbonyl (C=O) groups excluding carboxylic acids is 1. The van der Waals surface area contributed by atoms with Crippen LogP contribution in [0.25, 0.3) is 0 Å². The molecule has 2 aromatic rings. The lowest BCUT2D eigenvalue weighted by Gasteiger charge is -2.39. The normalized spacial score (nSPS) is 31.3. The van der Waals surface area contributed by atoms with Crippen LogP contribution in [-0.2, 0) is 32.0 Å². The third-order valence-corrected chi connectivity index (χ3v) is 9.49. The van der Waals surface area contributed by atoms with Crippen molar-refractivity contribution in [1.29, 1.82) is 0 Å². The standard InChI is InChI=1S/C36H50O15/c1-4-20(3)36(46,35(45)47-18-22-9-13-24(14-10-22)49-34-32(44)30(42)28(40)26(17-38)51-34)15-19(2)5-6-21-7-11-23(12-8-21)48-33-31(43)29(41)27(39)25(16-37)50-33/h7-14,20,25-34,37-44,46H,2,4-6,15-18H2,1,3H3/t20-,25-,26-,27-,28-,29+,30+,31-,32-,33-,34-,36-/m1/s1. The van der Waals surface area contributed by atoms with Gasteiger partial charge in [-0.15, -0.1) is 0 Å². The van der Waals surface area contributed by atoms with Crippen LogP contribution in [0.15, 0.2) is 60.7 Å². The maximum Gasteiger partial charge on any atom is 0.339 e. The van der Waals surface area contributed by atoms with Gasteiger partial charge in [0.1, 0.15) is 66.9 Å². The summed E-state index contributed by atoms with van der Waals surface area (Å²) in [4.78, 5) is 13.3. The number of rotatable bonds is 16. The number of aliphatic hydroxyl groups is 9. The van der Waals surface area contributed by atoms with Crippen molar-refractivity contribution in [3.05, 3.63) is 71.8 Å². The fraction of sp³-hybridized carbons (Fsp3) is 0.583. The van der Waals surface area contributed by atoms with Crippen LogP contribution in [0, 0.1) is 5.92 Å². The second-order valence-corrected chi connectivity index (χ2v) is 13.2. The van der Waals surface area contributed by atoms with E-state index in [1.165, 1.54) is 12.1 Å². The van der Waals surface area contributed by atoms with E-state index in [9.17, 15) is 50.8 Å². The van der Waals surface area contributed by atoms with Gasteiger partial charge in [-0.3, -0.25) is 0 Å². The van der Waals surface area contributed by atoms with Crippen LogP contribution >= 0.6 is 0 Å². The average Bonchev–Trinajstić information content (AvgIpc) is 3.13. The Morgan fingerprint density at radius 3 is 1.65 bits per heavy atom. The topological polar surface area (TPSA) is 245 Å². The SMILES string of the molecule is C=C(CCc1ccc(O[C@@H]2O[C@H](CO)[C@@H](O)[C@H](O)[C@H]2O)cc1)C[C@](O)(C(=O)OCc1ccc(O[C@@H]2O[C@H](CO)[C@@H](O)[C@H](O)[C@H]2O)cc1)[C@H](C)CC. The zero-order chi connectivity index (χ0) is 37.5. The molecule has 0 bridgehead atoms. The first-order valence-corrected chi connectivity index (χ1v) is 16.9. The number of aryl methyl sites for hydroxylation is 1. The highest BCUT2D eigenvalue weighted by Crippen LogP contribution is 2.32. The molecule has 2 heterocycles. The average molecular weight is 723 g/mol. The predicted octanol–water partition coefficient (Wildman–Crippen LogP) is -0.556. The summed E-state index contributed by atoms with van der Waals surface area (Å²) in [6.45, 7) is 6.40. The fourth-order valence-corrected chi connectivity index (χ4v) is 5.85. The predicted molar refractivity (Wildman–Crippen MR) is 178 cm³/mol. The second-order valence-electron chi connectivity index (χ2n) is 13.2. The van der Waals surface area contributed by atoms with Crippen molar-refractivity contribution in [3.63, 3.8) is 0 Å². The summed E-state index contributed by atoms with van der Waals surface area (Å²) in [5.41, 5.74) is 0.270. The Bertz CT molecular complexity index is 1400. The summed E-state index contributed by atoms with van der Waals surface area (Å²) in [6.07, 6.45) is -12.6. The van der Waals surface area contributed by atoms with E-state index in [1.54, 1.807) is 43.3 Å². The molecule has 15 nitrogen and oxygen atoms in total. The number of carbonyl (C=O) groups is 1. The Balaban J connectivity index is 1.28. The van der Waals surface area contributed by atoms with Crippen LogP contribution in [0.3, 0.4) is 0 Å². The van der Waals surface area contributed by atoms with Gasteiger partial charge in [0.15, 0.2) is 5.60 Å². The van der Waals surface area contributed by atoms with Crippen molar-refractivity contribution in [3.8, 4) is 11.5 Å². The third kappa shape index (κ3) is 9.82. The Kier molecular flexibility index (Phi) is 14.3. The highest BCUT2D eigenvalue weighted by atomic mass is 16.7. The molecule has 12 atom stereocenters. The summed E-state index contributed by atoms with van der Waals surface area (Å²) < 4.78 is 27.5. The summed E-state index contributed by atoms with van der Waals surface area (Å²) in [6, 6.07) is 13.1. The molecule has 2 aromatic carbocycles. The highest BCUT2D eigenvalue weighted by Gasteiger charge is 2.46. The second kappa shape index (κ2) is 18.0. The van der Waals surface area contributed by atoms with E-state index in [2.05, 4.69) is 6.58 Å². The van der Waals surface area contributed by atoms with E-state index in [4.69, 9.17) is 23.7 Å². The smallest absolute Gasteiger partial charge is 0.339 e. The van der Waals surface area contributed by atoms with E-state index >= 15 is 0 Å². The summed E-state index contributed by atoms with van der Waals surface area (Å²) in [7, 11) is 0. The molecule has 284 valence electrons. The van der Waals surface area contributed by atoms with Gasteiger partial charge in [-0.2, -0.15) is 0 Å². The zero-order valence-electron chi connectivity index (χ0n) is 28.6. The molecular weight excluding hydrogens is 672 g/mol. The molecule has 2 fully saturated rings. The van der Waals surface area contributed by atoms with Gasteiger partial charge in [0.2, 0.25) is 12.6 Å². The lowest BCUT2D eigenvalue weighted by Crippen LogP contribution is -2.60. The molecule has 0 aliphatic carbocycles. The number of benzene rings is 2. The van der Waals surface area contributed by atoms with Crippen molar-refractivity contribution < 1.29 is 74.4 Å². The Morgan fingerprint density at radius 2 is 1.22 bits per heavy atom. The van der Waals surface area contributed by atoms with Gasteiger partial charge >= 0.3 is 5.97 Å². The van der Waals surface area contributed by atoms with Crippen molar-refractivity contribution in [1.82, 2.24) is 0 Å². The van der Waals surface area contributed by atoms with Crippen LogP contribution in [-0.4, -0.2) is 132 Å². The van der Waals surface area contributed by atoms with Gasteiger partial charge in [0, 0.05) is 6.42 Å². The van der Waals surface area contributed by atoms with Gasteiger partial charge < -0.3 is 69.6 Å². The molecule has 9 N–H and O–H groups in total. The molecule has 0 unspecified atom stereocenters. The molecule has 51 heavy (non-hydrogen) atoms. The van der Waals surface area contributed by atoms with E-state index in [0.29, 0.717) is 36.1 Å². The lowest BCUT2D eigenvalue weighted by atomic mass is 9.81. The molecule has 4 rings (SSSR count). The maximum atomic E-state index is 13.3. The molecule has 0 radical (unpaired) electrons. The van der Waals surface area contributed by atoms with E-state index < -0.39 is 92.1 Å². The van der Waals surface area contributed by atoms with Crippen molar-refractivity contribution in [2.45, 2.75) is 113 Å². The molecule has 15 heteroatoms. The maximum absolute atomic E-state index is 13.3. The summed E-state index contributed by atoms with van der Waals surface area (Å²) >= 11 is 0. The molecule has 2 saturated heterocycles. The molecule has 0 saturated carbocycles. The minimum Gasteiger partial charge on any atom is -0.462 e. The van der Waals surface area contributed by atoms with Gasteiger partial charge in [-0.1, -0.05) is 56.7 Å². The van der Waals surface area contributed by atoms with Gasteiger partial charge in [0.25, 0.3) is 0 Å². The number of hydrogen-bond donors (Lipinski definition) is 9. The van der Waals surface area contributed by atoms with Crippen molar-refractivity contribution >= 4 is 5.97 Å². The molecule has 0 aromatic heterocycles. The number of hydrogen-bond acceptors (Lipinski definition) is 15. The first kappa shape index (κ1) is 40.6. The van der Waals surface area contributed by atoms with Crippen molar-refractivity contribution in [2.75, 3.05) is 13.2 Å². The van der Waals surface area contributed by atoms with Crippen molar-refractivity contribution in [2.24, 2.45) is 5.92 Å². The highest BCUT2D eigenvalue weighted by molar-refractivity contribution is 5.80. The van der Waals surface area contributed by atoms with E-state index in [-0.39, 0.29) is 18.8 Å². The fourth-order valence-electron chi connectivity index (χ4n) is 5.85. The van der Waals surface area contributed by atoms with Gasteiger partial charge in [-0.05, 0) is 54.2 Å². The number of aliphatic hydroxyl groups excluding tert-OH is 8. The minimum atomic E-state index is -1.83. The van der Waals surface area contributed by atoms with Gasteiger partial charge in [0.05, 0.1) is 13.2 Å². The number of ether oxygens (including phenoxy) is 5. The Labute approximate surface area is 295 Å². The first-order chi connectivity index (χ1) is 24.2. The summed E-state index contributed by atoms with van der Waals surface area (Å²) in [5.74, 6) is -0.672. The van der Waals surface area contributed by atoms with Crippen LogP contribution in [0.2, 0.25) is 0 Å². The van der Waals surface area contributed by atoms with Gasteiger partial charge in [-0.25, -0.2) is 4.79 Å². The molecule has 0 amide bonds. The quantitative estimate of drug-likeness (QED) is 0.0779. The van der Waals surface area contributed by atoms with Crippen LogP contribution in [0.4, 0.5) is 0 Å². The monoisotopic (exact) mass is 722 g/mol. The molecule has 0 spiro atoms. The minimum absolute atomic E-state index is 0.0228. The zero-order valence-corrected chi connectivity index (χ0v) is 28.6. The van der Waals surface area contributed by atoms with Crippen LogP contribution in [0.1, 0.15) is 44.2 Å². The molecular formula is C36H50O15. The Hall–Kier alpha value is -3.19. The summed E-state index contributed by atoms with van der Waals surface area (Å²) in [5, 5.41) is 90.6. The largest absolute Gasteiger partial charge is 0.462 e. The lowest BCUT2D eigenvalue weighted by molar-refractivity contribution is -0.277. The molecule has 2 aliphatic heterocycles. The van der Waals surface area contributed by atoms with Crippen LogP contribution < -0.4 is 9.47 Å². The number of esters is 1. The third-order valence-electron chi connectivity index (χ3n) is 9.49. The first-order valence-electron chi connectivity index (χ1n) is 16.9. The Morgan fingerprint density at radius 1 is 0.765 bits per heavy atom.